The fourth-order valence-electron chi connectivity index (χ4n) is 2.84. The van der Waals surface area contributed by atoms with Gasteiger partial charge in [-0.15, -0.1) is 0 Å². The molecule has 0 spiro atoms. The van der Waals surface area contributed by atoms with E-state index in [9.17, 15) is 13.6 Å². The summed E-state index contributed by atoms with van der Waals surface area (Å²) in [5.41, 5.74) is 2.24. The maximum atomic E-state index is 13.9. The molecule has 0 atom stereocenters. The number of aromatic carboxylic acids is 1. The van der Waals surface area contributed by atoms with Crippen LogP contribution in [0.25, 0.3) is 0 Å². The zero-order chi connectivity index (χ0) is 21.0. The number of hydrogen-bond donors (Lipinski definition) is 1. The van der Waals surface area contributed by atoms with Crippen molar-refractivity contribution in [1.29, 1.82) is 0 Å². The monoisotopic (exact) mass is 480 g/mol. The number of carboxylic acid groups (broad SMARTS) is 1. The number of rotatable bonds is 7. The number of halogens is 4. The highest BCUT2D eigenvalue weighted by Crippen LogP contribution is 2.34. The molecule has 0 aliphatic carbocycles. The van der Waals surface area contributed by atoms with Gasteiger partial charge in [0, 0.05) is 16.7 Å². The first-order valence-electron chi connectivity index (χ1n) is 8.70. The lowest BCUT2D eigenvalue weighted by Crippen LogP contribution is -2.03. The quantitative estimate of drug-likeness (QED) is 0.422. The number of ether oxygens (including phenoxy) is 1. The second-order valence-electron chi connectivity index (χ2n) is 6.40. The molecular weight excluding hydrogens is 466 g/mol. The number of benzene rings is 3. The van der Waals surface area contributed by atoms with Crippen LogP contribution in [0, 0.1) is 11.6 Å². The van der Waals surface area contributed by atoms with Gasteiger partial charge in [-0.05, 0) is 76.3 Å². The summed E-state index contributed by atoms with van der Waals surface area (Å²) in [6.07, 6.45) is 1.21. The van der Waals surface area contributed by atoms with Crippen LogP contribution in [-0.4, -0.2) is 11.1 Å². The Morgan fingerprint density at radius 1 is 1.00 bits per heavy atom. The van der Waals surface area contributed by atoms with E-state index in [0.29, 0.717) is 28.1 Å². The maximum absolute atomic E-state index is 13.9. The third-order valence-electron chi connectivity index (χ3n) is 4.36. The molecule has 29 heavy (non-hydrogen) atoms. The van der Waals surface area contributed by atoms with Crippen molar-refractivity contribution in [3.63, 3.8) is 0 Å². The van der Waals surface area contributed by atoms with Gasteiger partial charge in [-0.3, -0.25) is 0 Å². The standard InChI is InChI=1S/C22H16BrClF2O3/c23-19-10-17(24)9-15(6-3-13-1-4-14(5-2-13)22(27)28)21(19)29-12-16-7-8-18(25)11-20(16)26/h1-2,4-5,7-11H,3,6,12H2,(H,27,28). The zero-order valence-corrected chi connectivity index (χ0v) is 17.4. The van der Waals surface area contributed by atoms with E-state index in [1.807, 2.05) is 0 Å². The molecule has 0 aliphatic heterocycles. The third-order valence-corrected chi connectivity index (χ3v) is 5.16. The minimum atomic E-state index is -0.973. The predicted octanol–water partition coefficient (Wildman–Crippen LogP) is 6.44. The van der Waals surface area contributed by atoms with Gasteiger partial charge in [0.2, 0.25) is 0 Å². The van der Waals surface area contributed by atoms with Crippen LogP contribution in [0.15, 0.2) is 59.1 Å². The Bertz CT molecular complexity index is 1040. The van der Waals surface area contributed by atoms with Gasteiger partial charge in [0.1, 0.15) is 24.0 Å². The molecule has 150 valence electrons. The molecule has 0 saturated carbocycles. The van der Waals surface area contributed by atoms with Gasteiger partial charge in [-0.1, -0.05) is 23.7 Å². The summed E-state index contributed by atoms with van der Waals surface area (Å²) < 4.78 is 33.4. The minimum Gasteiger partial charge on any atom is -0.487 e. The molecule has 0 heterocycles. The summed E-state index contributed by atoms with van der Waals surface area (Å²) in [5.74, 6) is -1.76. The molecule has 0 amide bonds. The highest BCUT2D eigenvalue weighted by Gasteiger charge is 2.13. The van der Waals surface area contributed by atoms with E-state index >= 15 is 0 Å². The summed E-state index contributed by atoms with van der Waals surface area (Å²) in [4.78, 5) is 11.0. The van der Waals surface area contributed by atoms with Crippen molar-refractivity contribution in [2.75, 3.05) is 0 Å². The largest absolute Gasteiger partial charge is 0.487 e. The number of hydrogen-bond acceptors (Lipinski definition) is 2. The molecular formula is C22H16BrClF2O3. The fraction of sp³-hybridized carbons (Fsp3) is 0.136. The van der Waals surface area contributed by atoms with Crippen LogP contribution in [-0.2, 0) is 19.4 Å². The van der Waals surface area contributed by atoms with Gasteiger partial charge in [0.05, 0.1) is 10.0 Å². The average molecular weight is 482 g/mol. The molecule has 3 rings (SSSR count). The van der Waals surface area contributed by atoms with Gasteiger partial charge < -0.3 is 9.84 Å². The van der Waals surface area contributed by atoms with Crippen LogP contribution >= 0.6 is 27.5 Å². The van der Waals surface area contributed by atoms with E-state index in [1.54, 1.807) is 36.4 Å². The molecule has 0 fully saturated rings. The lowest BCUT2D eigenvalue weighted by Gasteiger charge is -2.15. The van der Waals surface area contributed by atoms with Gasteiger partial charge in [-0.2, -0.15) is 0 Å². The SMILES string of the molecule is O=C(O)c1ccc(CCc2cc(Cl)cc(Br)c2OCc2ccc(F)cc2F)cc1. The van der Waals surface area contributed by atoms with Crippen LogP contribution < -0.4 is 4.74 Å². The van der Waals surface area contributed by atoms with E-state index in [0.717, 1.165) is 17.2 Å². The first kappa shape index (κ1) is 21.3. The summed E-state index contributed by atoms with van der Waals surface area (Å²) in [6.45, 7) is -0.0628. The average Bonchev–Trinajstić information content (AvgIpc) is 2.67. The van der Waals surface area contributed by atoms with E-state index in [2.05, 4.69) is 15.9 Å². The van der Waals surface area contributed by atoms with Gasteiger partial charge in [0.25, 0.3) is 0 Å². The van der Waals surface area contributed by atoms with Crippen molar-refractivity contribution in [1.82, 2.24) is 0 Å². The second-order valence-corrected chi connectivity index (χ2v) is 7.69. The van der Waals surface area contributed by atoms with E-state index in [4.69, 9.17) is 21.4 Å². The molecule has 0 aliphatic rings. The van der Waals surface area contributed by atoms with E-state index < -0.39 is 17.6 Å². The van der Waals surface area contributed by atoms with Crippen LogP contribution in [0.1, 0.15) is 27.0 Å². The van der Waals surface area contributed by atoms with Crippen LogP contribution in [0.2, 0.25) is 5.02 Å². The lowest BCUT2D eigenvalue weighted by atomic mass is 10.0. The lowest BCUT2D eigenvalue weighted by molar-refractivity contribution is 0.0697. The van der Waals surface area contributed by atoms with Crippen LogP contribution in [0.3, 0.4) is 0 Å². The molecule has 7 heteroatoms. The van der Waals surface area contributed by atoms with Gasteiger partial charge in [-0.25, -0.2) is 13.6 Å². The van der Waals surface area contributed by atoms with Crippen molar-refractivity contribution in [2.45, 2.75) is 19.4 Å². The molecule has 3 aromatic carbocycles. The van der Waals surface area contributed by atoms with E-state index in [1.165, 1.54) is 12.1 Å². The molecule has 0 radical (unpaired) electrons. The van der Waals surface area contributed by atoms with Crippen LogP contribution in [0.5, 0.6) is 5.75 Å². The molecule has 0 saturated heterocycles. The predicted molar refractivity (Wildman–Crippen MR) is 111 cm³/mol. The van der Waals surface area contributed by atoms with Gasteiger partial charge in [0.15, 0.2) is 0 Å². The molecule has 0 bridgehead atoms. The highest BCUT2D eigenvalue weighted by molar-refractivity contribution is 9.10. The number of carboxylic acids is 1. The Kier molecular flexibility index (Phi) is 6.87. The minimum absolute atomic E-state index is 0.0628. The first-order valence-corrected chi connectivity index (χ1v) is 9.87. The molecule has 0 unspecified atom stereocenters. The molecule has 0 aromatic heterocycles. The van der Waals surface area contributed by atoms with Crippen molar-refractivity contribution in [3.05, 3.63) is 98.0 Å². The van der Waals surface area contributed by atoms with Gasteiger partial charge >= 0.3 is 5.97 Å². The number of carbonyl (C=O) groups is 1. The Balaban J connectivity index is 1.76. The summed E-state index contributed by atoms with van der Waals surface area (Å²) in [7, 11) is 0. The third kappa shape index (κ3) is 5.55. The van der Waals surface area contributed by atoms with Crippen molar-refractivity contribution in [3.8, 4) is 5.75 Å². The summed E-state index contributed by atoms with van der Waals surface area (Å²) in [6, 6.07) is 13.4. The Morgan fingerprint density at radius 2 is 1.72 bits per heavy atom. The van der Waals surface area contributed by atoms with Crippen molar-refractivity contribution in [2.24, 2.45) is 0 Å². The normalized spacial score (nSPS) is 10.8. The number of aryl methyl sites for hydroxylation is 2. The smallest absolute Gasteiger partial charge is 0.335 e. The topological polar surface area (TPSA) is 46.5 Å². The zero-order valence-electron chi connectivity index (χ0n) is 15.1. The van der Waals surface area contributed by atoms with E-state index in [-0.39, 0.29) is 17.7 Å². The second kappa shape index (κ2) is 9.37. The fourth-order valence-corrected chi connectivity index (χ4v) is 3.83. The summed E-state index contributed by atoms with van der Waals surface area (Å²) in [5, 5.41) is 9.51. The van der Waals surface area contributed by atoms with Crippen LogP contribution in [0.4, 0.5) is 8.78 Å². The first-order chi connectivity index (χ1) is 13.8. The Hall–Kier alpha value is -2.44. The Morgan fingerprint density at radius 3 is 2.38 bits per heavy atom. The highest BCUT2D eigenvalue weighted by atomic mass is 79.9. The summed E-state index contributed by atoms with van der Waals surface area (Å²) >= 11 is 9.59. The molecule has 3 aromatic rings. The van der Waals surface area contributed by atoms with Crippen molar-refractivity contribution < 1.29 is 23.4 Å². The maximum Gasteiger partial charge on any atom is 0.335 e. The van der Waals surface area contributed by atoms with Crippen molar-refractivity contribution >= 4 is 33.5 Å². The Labute approximate surface area is 180 Å². The molecule has 3 nitrogen and oxygen atoms in total. The molecule has 1 N–H and O–H groups in total.